The van der Waals surface area contributed by atoms with Gasteiger partial charge < -0.3 is 15.5 Å². The quantitative estimate of drug-likeness (QED) is 0.409. The Balaban J connectivity index is 0.00000288. The van der Waals surface area contributed by atoms with Gasteiger partial charge in [-0.3, -0.25) is 4.99 Å². The molecule has 1 aromatic carbocycles. The highest BCUT2D eigenvalue weighted by Gasteiger charge is 2.03. The Morgan fingerprint density at radius 1 is 1.17 bits per heavy atom. The summed E-state index contributed by atoms with van der Waals surface area (Å²) in [5.41, 5.74) is 2.18. The van der Waals surface area contributed by atoms with Gasteiger partial charge in [0, 0.05) is 45.5 Å². The van der Waals surface area contributed by atoms with Crippen LogP contribution in [0.3, 0.4) is 0 Å². The van der Waals surface area contributed by atoms with Crippen LogP contribution < -0.4 is 15.5 Å². The summed E-state index contributed by atoms with van der Waals surface area (Å²) in [5.74, 6) is 1.66. The van der Waals surface area contributed by atoms with E-state index >= 15 is 0 Å². The molecular weight excluding hydrogens is 437 g/mol. The van der Waals surface area contributed by atoms with Crippen LogP contribution in [0.5, 0.6) is 0 Å². The van der Waals surface area contributed by atoms with E-state index in [0.717, 1.165) is 27.9 Å². The molecule has 0 amide bonds. The van der Waals surface area contributed by atoms with Crippen LogP contribution in [-0.4, -0.2) is 32.1 Å². The fraction of sp³-hybridized carbons (Fsp3) is 0.294. The summed E-state index contributed by atoms with van der Waals surface area (Å²) in [7, 11) is 5.70. The van der Waals surface area contributed by atoms with Crippen LogP contribution in [-0.2, 0) is 13.1 Å². The summed E-state index contributed by atoms with van der Waals surface area (Å²) in [6.45, 7) is 1.30. The molecule has 2 aromatic rings. The van der Waals surface area contributed by atoms with Gasteiger partial charge in [-0.1, -0.05) is 29.8 Å². The van der Waals surface area contributed by atoms with Gasteiger partial charge in [0.15, 0.2) is 5.96 Å². The Labute approximate surface area is 165 Å². The first-order valence-corrected chi connectivity index (χ1v) is 7.78. The van der Waals surface area contributed by atoms with E-state index in [9.17, 15) is 0 Å². The monoisotopic (exact) mass is 459 g/mol. The maximum Gasteiger partial charge on any atom is 0.191 e. The van der Waals surface area contributed by atoms with Crippen molar-refractivity contribution in [2.75, 3.05) is 26.0 Å². The average Bonchev–Trinajstić information content (AvgIpc) is 2.56. The molecule has 24 heavy (non-hydrogen) atoms. The summed E-state index contributed by atoms with van der Waals surface area (Å²) in [6.07, 6.45) is 1.81. The van der Waals surface area contributed by atoms with Gasteiger partial charge in [-0.05, 0) is 29.3 Å². The van der Waals surface area contributed by atoms with E-state index < -0.39 is 0 Å². The largest absolute Gasteiger partial charge is 0.363 e. The zero-order valence-corrected chi connectivity index (χ0v) is 17.2. The third-order valence-electron chi connectivity index (χ3n) is 3.36. The molecule has 0 atom stereocenters. The molecule has 0 unspecified atom stereocenters. The molecule has 0 radical (unpaired) electrons. The molecule has 130 valence electrons. The predicted molar refractivity (Wildman–Crippen MR) is 112 cm³/mol. The first-order chi connectivity index (χ1) is 11.1. The lowest BCUT2D eigenvalue weighted by atomic mass is 10.2. The molecule has 1 aromatic heterocycles. The summed E-state index contributed by atoms with van der Waals surface area (Å²) < 4.78 is 0. The van der Waals surface area contributed by atoms with E-state index in [1.54, 1.807) is 7.05 Å². The van der Waals surface area contributed by atoms with Crippen molar-refractivity contribution in [2.45, 2.75) is 13.1 Å². The van der Waals surface area contributed by atoms with Gasteiger partial charge in [-0.2, -0.15) is 0 Å². The van der Waals surface area contributed by atoms with E-state index in [1.165, 1.54) is 0 Å². The van der Waals surface area contributed by atoms with E-state index in [0.29, 0.717) is 13.1 Å². The number of aromatic nitrogens is 1. The third-order valence-corrected chi connectivity index (χ3v) is 3.72. The zero-order chi connectivity index (χ0) is 16.7. The molecule has 0 aliphatic carbocycles. The van der Waals surface area contributed by atoms with Gasteiger partial charge in [0.05, 0.1) is 0 Å². The van der Waals surface area contributed by atoms with Gasteiger partial charge in [0.1, 0.15) is 5.82 Å². The number of hydrogen-bond donors (Lipinski definition) is 2. The van der Waals surface area contributed by atoms with Crippen molar-refractivity contribution in [1.82, 2.24) is 15.6 Å². The number of pyridine rings is 1. The number of aliphatic imine (C=N–C) groups is 1. The van der Waals surface area contributed by atoms with Crippen molar-refractivity contribution >= 4 is 47.4 Å². The lowest BCUT2D eigenvalue weighted by Crippen LogP contribution is -2.36. The first kappa shape index (κ1) is 20.5. The van der Waals surface area contributed by atoms with Gasteiger partial charge in [0.25, 0.3) is 0 Å². The zero-order valence-electron chi connectivity index (χ0n) is 14.1. The lowest BCUT2D eigenvalue weighted by molar-refractivity contribution is 0.808. The van der Waals surface area contributed by atoms with Crippen LogP contribution in [0.2, 0.25) is 5.02 Å². The van der Waals surface area contributed by atoms with Crippen molar-refractivity contribution in [1.29, 1.82) is 0 Å². The van der Waals surface area contributed by atoms with Crippen LogP contribution >= 0.6 is 35.6 Å². The molecule has 1 heterocycles. The normalized spacial score (nSPS) is 10.8. The lowest BCUT2D eigenvalue weighted by Gasteiger charge is -2.14. The number of nitrogens with zero attached hydrogens (tertiary/aromatic N) is 3. The van der Waals surface area contributed by atoms with Crippen LogP contribution in [0.25, 0.3) is 0 Å². The molecule has 0 saturated heterocycles. The van der Waals surface area contributed by atoms with Crippen molar-refractivity contribution in [3.8, 4) is 0 Å². The number of guanidine groups is 1. The van der Waals surface area contributed by atoms with Crippen molar-refractivity contribution in [2.24, 2.45) is 4.99 Å². The smallest absolute Gasteiger partial charge is 0.191 e. The van der Waals surface area contributed by atoms with E-state index in [1.807, 2.05) is 61.6 Å². The second-order valence-electron chi connectivity index (χ2n) is 5.29. The van der Waals surface area contributed by atoms with Gasteiger partial charge >= 0.3 is 0 Å². The second-order valence-corrected chi connectivity index (χ2v) is 5.69. The van der Waals surface area contributed by atoms with E-state index in [2.05, 4.69) is 20.6 Å². The topological polar surface area (TPSA) is 52.6 Å². The second kappa shape index (κ2) is 10.4. The Morgan fingerprint density at radius 3 is 2.54 bits per heavy atom. The molecule has 0 spiro atoms. The van der Waals surface area contributed by atoms with Gasteiger partial charge in [-0.25, -0.2) is 4.98 Å². The highest BCUT2D eigenvalue weighted by molar-refractivity contribution is 14.0. The third kappa shape index (κ3) is 6.16. The SMILES string of the molecule is CN=C(NCc1ccnc(N(C)C)c1)NCc1ccccc1Cl.I. The van der Waals surface area contributed by atoms with Gasteiger partial charge in [0.2, 0.25) is 0 Å². The molecule has 0 saturated carbocycles. The van der Waals surface area contributed by atoms with Crippen LogP contribution in [0.15, 0.2) is 47.6 Å². The Kier molecular flexibility index (Phi) is 8.84. The molecule has 0 aliphatic heterocycles. The van der Waals surface area contributed by atoms with Crippen molar-refractivity contribution in [3.63, 3.8) is 0 Å². The fourth-order valence-corrected chi connectivity index (χ4v) is 2.24. The van der Waals surface area contributed by atoms with Gasteiger partial charge in [-0.15, -0.1) is 24.0 Å². The molecule has 0 fully saturated rings. The molecule has 7 heteroatoms. The summed E-state index contributed by atoms with van der Waals surface area (Å²) >= 11 is 6.16. The molecule has 2 N–H and O–H groups in total. The molecule has 0 bridgehead atoms. The maximum atomic E-state index is 6.16. The maximum absolute atomic E-state index is 6.16. The van der Waals surface area contributed by atoms with Crippen LogP contribution in [0.1, 0.15) is 11.1 Å². The number of nitrogens with one attached hydrogen (secondary N) is 2. The summed E-state index contributed by atoms with van der Waals surface area (Å²) in [5, 5.41) is 7.30. The molecule has 0 aliphatic rings. The summed E-state index contributed by atoms with van der Waals surface area (Å²) in [4.78, 5) is 10.5. The van der Waals surface area contributed by atoms with Crippen LogP contribution in [0.4, 0.5) is 5.82 Å². The van der Waals surface area contributed by atoms with E-state index in [4.69, 9.17) is 11.6 Å². The Hall–Kier alpha value is -1.54. The predicted octanol–water partition coefficient (Wildman–Crippen LogP) is 3.28. The first-order valence-electron chi connectivity index (χ1n) is 7.40. The van der Waals surface area contributed by atoms with Crippen LogP contribution in [0, 0.1) is 0 Å². The number of hydrogen-bond acceptors (Lipinski definition) is 3. The fourth-order valence-electron chi connectivity index (χ4n) is 2.04. The Morgan fingerprint density at radius 2 is 1.88 bits per heavy atom. The minimum absolute atomic E-state index is 0. The standard InChI is InChI=1S/C17H22ClN5.HI/c1-19-17(22-12-14-6-4-5-7-15(14)18)21-11-13-8-9-20-16(10-13)23(2)3;/h4-10H,11-12H2,1-3H3,(H2,19,21,22);1H. The number of halogens is 2. The molecule has 2 rings (SSSR count). The Bertz CT molecular complexity index is 676. The highest BCUT2D eigenvalue weighted by atomic mass is 127. The number of anilines is 1. The molecule has 5 nitrogen and oxygen atoms in total. The van der Waals surface area contributed by atoms with Crippen molar-refractivity contribution < 1.29 is 0 Å². The average molecular weight is 460 g/mol. The minimum atomic E-state index is 0. The van der Waals surface area contributed by atoms with Crippen molar-refractivity contribution in [3.05, 3.63) is 58.7 Å². The number of benzene rings is 1. The number of rotatable bonds is 5. The van der Waals surface area contributed by atoms with E-state index in [-0.39, 0.29) is 24.0 Å². The summed E-state index contributed by atoms with van der Waals surface area (Å²) in [6, 6.07) is 11.8. The minimum Gasteiger partial charge on any atom is -0.363 e. The molecular formula is C17H23ClIN5. The highest BCUT2D eigenvalue weighted by Crippen LogP contribution is 2.14.